The number of nitrogens with zero attached hydrogens (tertiary/aromatic N) is 1. The molecule has 0 fully saturated rings. The molecule has 2 N–H and O–H groups in total. The maximum atomic E-state index is 12.6. The molecule has 154 valence electrons. The summed E-state index contributed by atoms with van der Waals surface area (Å²) < 4.78 is 37.8. The number of anilines is 1. The maximum absolute atomic E-state index is 12.6. The molecule has 2 amide bonds. The molecule has 0 aliphatic heterocycles. The van der Waals surface area contributed by atoms with Crippen LogP contribution in [0, 0.1) is 0 Å². The molecule has 8 heteroatoms. The molecule has 0 unspecified atom stereocenters. The van der Waals surface area contributed by atoms with E-state index in [0.29, 0.717) is 22.5 Å². The normalized spacial score (nSPS) is 11.0. The number of amides is 2. The van der Waals surface area contributed by atoms with E-state index in [4.69, 9.17) is 0 Å². The summed E-state index contributed by atoms with van der Waals surface area (Å²) in [6.45, 7) is 0.268. The second-order valence-electron chi connectivity index (χ2n) is 6.50. The number of aromatic nitrogens is 1. The first-order valence-electron chi connectivity index (χ1n) is 9.05. The minimum absolute atomic E-state index is 0.0890. The largest absolute Gasteiger partial charge is 0.416 e. The van der Waals surface area contributed by atoms with Gasteiger partial charge in [-0.25, -0.2) is 0 Å². The van der Waals surface area contributed by atoms with Gasteiger partial charge in [0.15, 0.2) is 0 Å². The smallest absolute Gasteiger partial charge is 0.346 e. The molecule has 0 aliphatic rings. The van der Waals surface area contributed by atoms with Gasteiger partial charge in [0.05, 0.1) is 24.2 Å². The van der Waals surface area contributed by atoms with Crippen LogP contribution in [-0.4, -0.2) is 16.8 Å². The third-order valence-corrected chi connectivity index (χ3v) is 4.21. The van der Waals surface area contributed by atoms with Crippen molar-refractivity contribution in [1.29, 1.82) is 0 Å². The lowest BCUT2D eigenvalue weighted by molar-refractivity contribution is -0.137. The fraction of sp³-hybridized carbons (Fsp3) is 0.136. The Morgan fingerprint density at radius 3 is 2.37 bits per heavy atom. The predicted octanol–water partition coefficient (Wildman–Crippen LogP) is 4.21. The molecule has 30 heavy (non-hydrogen) atoms. The standard InChI is InChI=1S/C22H18F3N3O2/c23-22(24,25)17-9-7-15(8-10-17)12-20(29)28-18-6-3-4-16(13-18)21(30)27-14-19-5-1-2-11-26-19/h1-11,13H,12,14H2,(H,27,30)(H,28,29). The Labute approximate surface area is 171 Å². The van der Waals surface area contributed by atoms with Gasteiger partial charge in [0.25, 0.3) is 5.91 Å². The number of benzene rings is 2. The number of hydrogen-bond donors (Lipinski definition) is 2. The van der Waals surface area contributed by atoms with Crippen molar-refractivity contribution in [3.05, 3.63) is 95.3 Å². The summed E-state index contributed by atoms with van der Waals surface area (Å²) in [5.74, 6) is -0.722. The second kappa shape index (κ2) is 9.21. The third kappa shape index (κ3) is 5.91. The van der Waals surface area contributed by atoms with Crippen LogP contribution >= 0.6 is 0 Å². The number of halogens is 3. The molecular formula is C22H18F3N3O2. The van der Waals surface area contributed by atoms with Gasteiger partial charge in [-0.2, -0.15) is 13.2 Å². The molecule has 0 radical (unpaired) electrons. The van der Waals surface area contributed by atoms with E-state index in [1.165, 1.54) is 18.2 Å². The molecule has 3 aromatic rings. The van der Waals surface area contributed by atoms with Crippen molar-refractivity contribution in [3.63, 3.8) is 0 Å². The first-order chi connectivity index (χ1) is 14.3. The lowest BCUT2D eigenvalue weighted by Crippen LogP contribution is -2.23. The quantitative estimate of drug-likeness (QED) is 0.636. The fourth-order valence-electron chi connectivity index (χ4n) is 2.72. The Bertz CT molecular complexity index is 1020. The summed E-state index contributed by atoms with van der Waals surface area (Å²) in [6.07, 6.45) is -2.87. The van der Waals surface area contributed by atoms with Crippen LogP contribution in [0.4, 0.5) is 18.9 Å². The summed E-state index contributed by atoms with van der Waals surface area (Å²) in [6, 6.07) is 16.2. The van der Waals surface area contributed by atoms with Crippen LogP contribution in [0.2, 0.25) is 0 Å². The van der Waals surface area contributed by atoms with Gasteiger partial charge >= 0.3 is 6.18 Å². The summed E-state index contributed by atoms with van der Waals surface area (Å²) in [5, 5.41) is 5.40. The number of nitrogens with one attached hydrogen (secondary N) is 2. The lowest BCUT2D eigenvalue weighted by atomic mass is 10.1. The van der Waals surface area contributed by atoms with Crippen LogP contribution in [0.3, 0.4) is 0 Å². The highest BCUT2D eigenvalue weighted by atomic mass is 19.4. The van der Waals surface area contributed by atoms with Crippen molar-refractivity contribution in [2.24, 2.45) is 0 Å². The van der Waals surface area contributed by atoms with Gasteiger partial charge in [-0.05, 0) is 48.0 Å². The Morgan fingerprint density at radius 1 is 0.933 bits per heavy atom. The first kappa shape index (κ1) is 21.0. The molecule has 0 atom stereocenters. The Balaban J connectivity index is 1.57. The Hall–Kier alpha value is -3.68. The van der Waals surface area contributed by atoms with Crippen molar-refractivity contribution in [3.8, 4) is 0 Å². The van der Waals surface area contributed by atoms with Crippen LogP contribution in [0.5, 0.6) is 0 Å². The van der Waals surface area contributed by atoms with E-state index in [-0.39, 0.29) is 18.9 Å². The molecule has 0 aliphatic carbocycles. The minimum atomic E-state index is -4.42. The van der Waals surface area contributed by atoms with E-state index in [2.05, 4.69) is 15.6 Å². The van der Waals surface area contributed by atoms with Crippen LogP contribution < -0.4 is 10.6 Å². The minimum Gasteiger partial charge on any atom is -0.346 e. The highest BCUT2D eigenvalue weighted by molar-refractivity contribution is 5.97. The molecule has 5 nitrogen and oxygen atoms in total. The lowest BCUT2D eigenvalue weighted by Gasteiger charge is -2.09. The third-order valence-electron chi connectivity index (χ3n) is 4.21. The molecule has 0 spiro atoms. The van der Waals surface area contributed by atoms with Crippen LogP contribution in [0.1, 0.15) is 27.2 Å². The van der Waals surface area contributed by atoms with Crippen LogP contribution in [-0.2, 0) is 23.9 Å². The van der Waals surface area contributed by atoms with Crippen molar-refractivity contribution >= 4 is 17.5 Å². The summed E-state index contributed by atoms with van der Waals surface area (Å²) >= 11 is 0. The van der Waals surface area contributed by atoms with Gasteiger partial charge in [0, 0.05) is 17.4 Å². The zero-order valence-electron chi connectivity index (χ0n) is 15.7. The average molecular weight is 413 g/mol. The summed E-state index contributed by atoms with van der Waals surface area (Å²) in [4.78, 5) is 28.7. The molecule has 2 aromatic carbocycles. The number of carbonyl (C=O) groups is 2. The van der Waals surface area contributed by atoms with Gasteiger partial charge in [0.2, 0.25) is 5.91 Å². The van der Waals surface area contributed by atoms with Crippen molar-refractivity contribution < 1.29 is 22.8 Å². The average Bonchev–Trinajstić information content (AvgIpc) is 2.72. The molecule has 1 heterocycles. The van der Waals surface area contributed by atoms with Crippen molar-refractivity contribution in [2.75, 3.05) is 5.32 Å². The zero-order chi connectivity index (χ0) is 21.6. The van der Waals surface area contributed by atoms with Crippen LogP contribution in [0.25, 0.3) is 0 Å². The van der Waals surface area contributed by atoms with E-state index in [1.807, 2.05) is 6.07 Å². The monoisotopic (exact) mass is 413 g/mol. The SMILES string of the molecule is O=C(Cc1ccc(C(F)(F)F)cc1)Nc1cccc(C(=O)NCc2ccccn2)c1. The van der Waals surface area contributed by atoms with Gasteiger partial charge in [-0.1, -0.05) is 24.3 Å². The van der Waals surface area contributed by atoms with Gasteiger partial charge in [-0.15, -0.1) is 0 Å². The number of carbonyl (C=O) groups excluding carboxylic acids is 2. The first-order valence-corrected chi connectivity index (χ1v) is 9.05. The zero-order valence-corrected chi connectivity index (χ0v) is 15.7. The summed E-state index contributed by atoms with van der Waals surface area (Å²) in [7, 11) is 0. The molecule has 0 bridgehead atoms. The Kier molecular flexibility index (Phi) is 6.46. The van der Waals surface area contributed by atoms with E-state index in [9.17, 15) is 22.8 Å². The van der Waals surface area contributed by atoms with Crippen molar-refractivity contribution in [1.82, 2.24) is 10.3 Å². The maximum Gasteiger partial charge on any atom is 0.416 e. The molecule has 0 saturated heterocycles. The van der Waals surface area contributed by atoms with Crippen LogP contribution in [0.15, 0.2) is 72.9 Å². The van der Waals surface area contributed by atoms with Gasteiger partial charge in [0.1, 0.15) is 0 Å². The van der Waals surface area contributed by atoms with Gasteiger partial charge in [-0.3, -0.25) is 14.6 Å². The highest BCUT2D eigenvalue weighted by Crippen LogP contribution is 2.29. The molecule has 0 saturated carbocycles. The Morgan fingerprint density at radius 2 is 1.70 bits per heavy atom. The second-order valence-corrected chi connectivity index (χ2v) is 6.50. The summed E-state index contributed by atoms with van der Waals surface area (Å²) in [5.41, 5.74) is 1.17. The van der Waals surface area contributed by atoms with Crippen molar-refractivity contribution in [2.45, 2.75) is 19.1 Å². The number of pyridine rings is 1. The topological polar surface area (TPSA) is 71.1 Å². The number of hydrogen-bond acceptors (Lipinski definition) is 3. The molecule has 3 rings (SSSR count). The predicted molar refractivity (Wildman–Crippen MR) is 106 cm³/mol. The van der Waals surface area contributed by atoms with E-state index in [0.717, 1.165) is 12.1 Å². The van der Waals surface area contributed by atoms with E-state index in [1.54, 1.807) is 36.5 Å². The fourth-order valence-corrected chi connectivity index (χ4v) is 2.72. The molecular weight excluding hydrogens is 395 g/mol. The highest BCUT2D eigenvalue weighted by Gasteiger charge is 2.29. The van der Waals surface area contributed by atoms with E-state index >= 15 is 0 Å². The van der Waals surface area contributed by atoms with E-state index < -0.39 is 17.6 Å². The van der Waals surface area contributed by atoms with Gasteiger partial charge < -0.3 is 10.6 Å². The number of rotatable bonds is 6. The molecule has 1 aromatic heterocycles. The number of alkyl halides is 3.